The van der Waals surface area contributed by atoms with Crippen molar-refractivity contribution in [1.82, 2.24) is 4.90 Å². The fourth-order valence-corrected chi connectivity index (χ4v) is 2.67. The molecule has 0 aromatic rings. The molecule has 1 saturated heterocycles. The Kier molecular flexibility index (Phi) is 6.09. The van der Waals surface area contributed by atoms with Gasteiger partial charge >= 0.3 is 0 Å². The zero-order chi connectivity index (χ0) is 13.7. The Balaban J connectivity index is 2.60. The number of ether oxygens (including phenoxy) is 1. The van der Waals surface area contributed by atoms with Crippen molar-refractivity contribution in [2.24, 2.45) is 23.5 Å². The van der Waals surface area contributed by atoms with Crippen LogP contribution in [0, 0.1) is 17.8 Å². The molecule has 1 fully saturated rings. The van der Waals surface area contributed by atoms with Crippen LogP contribution in [0.5, 0.6) is 0 Å². The maximum absolute atomic E-state index is 12.4. The molecule has 1 aliphatic rings. The zero-order valence-electron chi connectivity index (χ0n) is 12.2. The molecule has 1 heterocycles. The maximum Gasteiger partial charge on any atom is 0.227 e. The van der Waals surface area contributed by atoms with Crippen molar-refractivity contribution in [3.63, 3.8) is 0 Å². The number of carbonyl (C=O) groups is 1. The Labute approximate surface area is 111 Å². The molecule has 0 spiro atoms. The smallest absolute Gasteiger partial charge is 0.227 e. The summed E-state index contributed by atoms with van der Waals surface area (Å²) < 4.78 is 5.45. The quantitative estimate of drug-likeness (QED) is 0.811. The Bertz CT molecular complexity index is 269. The molecule has 0 aliphatic carbocycles. The van der Waals surface area contributed by atoms with Gasteiger partial charge in [0.05, 0.1) is 12.0 Å². The number of hydrogen-bond donors (Lipinski definition) is 1. The first-order valence-corrected chi connectivity index (χ1v) is 7.01. The van der Waals surface area contributed by atoms with Crippen LogP contribution < -0.4 is 5.73 Å². The summed E-state index contributed by atoms with van der Waals surface area (Å²) in [6.07, 6.45) is 2.06. The Morgan fingerprint density at radius 2 is 2.17 bits per heavy atom. The van der Waals surface area contributed by atoms with E-state index in [1.54, 1.807) is 7.11 Å². The minimum atomic E-state index is -0.0316. The molecule has 2 N–H and O–H groups in total. The third kappa shape index (κ3) is 3.95. The zero-order valence-corrected chi connectivity index (χ0v) is 12.2. The second-order valence-electron chi connectivity index (χ2n) is 5.89. The van der Waals surface area contributed by atoms with Crippen LogP contribution >= 0.6 is 0 Å². The Morgan fingerprint density at radius 1 is 1.50 bits per heavy atom. The standard InChI is InChI=1S/C14H28N2O2/c1-10(2)7-12(8-15)14(17)16-6-5-11(3)13(9-16)18-4/h10-13H,5-9,15H2,1-4H3. The van der Waals surface area contributed by atoms with E-state index in [9.17, 15) is 4.79 Å². The topological polar surface area (TPSA) is 55.6 Å². The van der Waals surface area contributed by atoms with E-state index in [0.29, 0.717) is 24.9 Å². The van der Waals surface area contributed by atoms with Gasteiger partial charge in [0.1, 0.15) is 0 Å². The molecule has 1 aliphatic heterocycles. The van der Waals surface area contributed by atoms with Crippen molar-refractivity contribution in [2.45, 2.75) is 39.7 Å². The first-order valence-electron chi connectivity index (χ1n) is 7.01. The van der Waals surface area contributed by atoms with Crippen molar-refractivity contribution >= 4 is 5.91 Å². The highest BCUT2D eigenvalue weighted by molar-refractivity contribution is 5.79. The lowest BCUT2D eigenvalue weighted by Crippen LogP contribution is -2.49. The van der Waals surface area contributed by atoms with E-state index in [1.165, 1.54) is 0 Å². The molecule has 0 aromatic carbocycles. The largest absolute Gasteiger partial charge is 0.379 e. The number of methoxy groups -OCH3 is 1. The Morgan fingerprint density at radius 3 is 2.67 bits per heavy atom. The summed E-state index contributed by atoms with van der Waals surface area (Å²) in [6.45, 7) is 8.45. The molecule has 3 unspecified atom stereocenters. The predicted molar refractivity (Wildman–Crippen MR) is 73.2 cm³/mol. The van der Waals surface area contributed by atoms with E-state index in [0.717, 1.165) is 19.4 Å². The normalized spacial score (nSPS) is 26.4. The molecule has 106 valence electrons. The summed E-state index contributed by atoms with van der Waals surface area (Å²) in [5.41, 5.74) is 5.74. The minimum Gasteiger partial charge on any atom is -0.379 e. The lowest BCUT2D eigenvalue weighted by Gasteiger charge is -2.38. The molecular weight excluding hydrogens is 228 g/mol. The van der Waals surface area contributed by atoms with E-state index in [2.05, 4.69) is 20.8 Å². The summed E-state index contributed by atoms with van der Waals surface area (Å²) >= 11 is 0. The molecule has 1 amide bonds. The van der Waals surface area contributed by atoms with E-state index in [4.69, 9.17) is 10.5 Å². The molecule has 3 atom stereocenters. The minimum absolute atomic E-state index is 0.0316. The second-order valence-corrected chi connectivity index (χ2v) is 5.89. The molecule has 0 bridgehead atoms. The summed E-state index contributed by atoms with van der Waals surface area (Å²) in [7, 11) is 1.73. The SMILES string of the molecule is COC1CN(C(=O)C(CN)CC(C)C)CCC1C. The summed E-state index contributed by atoms with van der Waals surface area (Å²) in [6, 6.07) is 0. The van der Waals surface area contributed by atoms with Crippen LogP contribution in [-0.2, 0) is 9.53 Å². The Hall–Kier alpha value is -0.610. The van der Waals surface area contributed by atoms with Crippen LogP contribution in [0.15, 0.2) is 0 Å². The summed E-state index contributed by atoms with van der Waals surface area (Å²) in [5, 5.41) is 0. The first kappa shape index (κ1) is 15.4. The van der Waals surface area contributed by atoms with Crippen LogP contribution in [0.2, 0.25) is 0 Å². The van der Waals surface area contributed by atoms with Crippen molar-refractivity contribution < 1.29 is 9.53 Å². The molecule has 1 rings (SSSR count). The van der Waals surface area contributed by atoms with Crippen molar-refractivity contribution in [3.8, 4) is 0 Å². The van der Waals surface area contributed by atoms with E-state index < -0.39 is 0 Å². The summed E-state index contributed by atoms with van der Waals surface area (Å²) in [4.78, 5) is 14.4. The summed E-state index contributed by atoms with van der Waals surface area (Å²) in [5.74, 6) is 1.21. The lowest BCUT2D eigenvalue weighted by atomic mass is 9.92. The maximum atomic E-state index is 12.4. The predicted octanol–water partition coefficient (Wildman–Crippen LogP) is 1.49. The van der Waals surface area contributed by atoms with Gasteiger partial charge < -0.3 is 15.4 Å². The van der Waals surface area contributed by atoms with Gasteiger partial charge in [0.15, 0.2) is 0 Å². The molecule has 4 nitrogen and oxygen atoms in total. The van der Waals surface area contributed by atoms with Crippen molar-refractivity contribution in [1.29, 1.82) is 0 Å². The number of carbonyl (C=O) groups excluding carboxylic acids is 1. The van der Waals surface area contributed by atoms with Crippen LogP contribution in [0.25, 0.3) is 0 Å². The molecule has 0 aromatic heterocycles. The number of rotatable bonds is 5. The monoisotopic (exact) mass is 256 g/mol. The third-order valence-corrected chi connectivity index (χ3v) is 3.89. The molecule has 0 saturated carbocycles. The van der Waals surface area contributed by atoms with Gasteiger partial charge in [0, 0.05) is 26.7 Å². The first-order chi connectivity index (χ1) is 8.49. The van der Waals surface area contributed by atoms with Crippen molar-refractivity contribution in [2.75, 3.05) is 26.7 Å². The number of hydrogen-bond acceptors (Lipinski definition) is 3. The van der Waals surface area contributed by atoms with Crippen LogP contribution in [-0.4, -0.2) is 43.7 Å². The number of piperidine rings is 1. The molecule has 0 radical (unpaired) electrons. The van der Waals surface area contributed by atoms with Gasteiger partial charge in [0.25, 0.3) is 0 Å². The fourth-order valence-electron chi connectivity index (χ4n) is 2.67. The average molecular weight is 256 g/mol. The lowest BCUT2D eigenvalue weighted by molar-refractivity contribution is -0.140. The van der Waals surface area contributed by atoms with Gasteiger partial charge in [-0.15, -0.1) is 0 Å². The number of nitrogens with zero attached hydrogens (tertiary/aromatic N) is 1. The number of amides is 1. The van der Waals surface area contributed by atoms with Crippen LogP contribution in [0.3, 0.4) is 0 Å². The van der Waals surface area contributed by atoms with Gasteiger partial charge in [-0.2, -0.15) is 0 Å². The van der Waals surface area contributed by atoms with Crippen LogP contribution in [0.1, 0.15) is 33.6 Å². The van der Waals surface area contributed by atoms with E-state index in [1.807, 2.05) is 4.90 Å². The van der Waals surface area contributed by atoms with E-state index in [-0.39, 0.29) is 17.9 Å². The fraction of sp³-hybridized carbons (Fsp3) is 0.929. The van der Waals surface area contributed by atoms with Gasteiger partial charge in [0.2, 0.25) is 5.91 Å². The highest BCUT2D eigenvalue weighted by Crippen LogP contribution is 2.22. The van der Waals surface area contributed by atoms with Gasteiger partial charge in [-0.3, -0.25) is 4.79 Å². The highest BCUT2D eigenvalue weighted by Gasteiger charge is 2.31. The second kappa shape index (κ2) is 7.10. The molecular formula is C14H28N2O2. The van der Waals surface area contributed by atoms with Crippen molar-refractivity contribution in [3.05, 3.63) is 0 Å². The van der Waals surface area contributed by atoms with Gasteiger partial charge in [-0.1, -0.05) is 20.8 Å². The van der Waals surface area contributed by atoms with E-state index >= 15 is 0 Å². The highest BCUT2D eigenvalue weighted by atomic mass is 16.5. The van der Waals surface area contributed by atoms with Crippen LogP contribution in [0.4, 0.5) is 0 Å². The van der Waals surface area contributed by atoms with Gasteiger partial charge in [-0.05, 0) is 24.7 Å². The third-order valence-electron chi connectivity index (χ3n) is 3.89. The van der Waals surface area contributed by atoms with Gasteiger partial charge in [-0.25, -0.2) is 0 Å². The average Bonchev–Trinajstić information content (AvgIpc) is 2.35. The molecule has 4 heteroatoms. The molecule has 18 heavy (non-hydrogen) atoms. The number of nitrogens with two attached hydrogens (primary N) is 1. The number of likely N-dealkylation sites (tertiary alicyclic amines) is 1.